The van der Waals surface area contributed by atoms with Gasteiger partial charge in [-0.2, -0.15) is 0 Å². The van der Waals surface area contributed by atoms with Gasteiger partial charge in [0.1, 0.15) is 5.75 Å². The molecule has 0 aliphatic carbocycles. The largest absolute Gasteiger partial charge is 0.493 e. The van der Waals surface area contributed by atoms with Crippen LogP contribution in [0.2, 0.25) is 0 Å². The average Bonchev–Trinajstić information content (AvgIpc) is 2.73. The molecule has 0 aliphatic heterocycles. The van der Waals surface area contributed by atoms with Crippen molar-refractivity contribution in [3.8, 4) is 5.75 Å². The molecule has 3 nitrogen and oxygen atoms in total. The predicted octanol–water partition coefficient (Wildman–Crippen LogP) is 6.54. The molecule has 0 radical (unpaired) electrons. The molecule has 0 saturated heterocycles. The lowest BCUT2D eigenvalue weighted by Crippen LogP contribution is -2.14. The molecule has 0 fully saturated rings. The van der Waals surface area contributed by atoms with E-state index in [2.05, 4.69) is 37.4 Å². The number of benzene rings is 3. The highest BCUT2D eigenvalue weighted by atomic mass is 32.2. The second kappa shape index (κ2) is 10.2. The number of aryl methyl sites for hydroxylation is 1. The van der Waals surface area contributed by atoms with Crippen molar-refractivity contribution in [1.82, 2.24) is 0 Å². The normalized spacial score (nSPS) is 10.8. The summed E-state index contributed by atoms with van der Waals surface area (Å²) < 4.78 is 5.80. The van der Waals surface area contributed by atoms with E-state index in [9.17, 15) is 4.79 Å². The number of rotatable bonds is 8. The van der Waals surface area contributed by atoms with Crippen molar-refractivity contribution in [2.24, 2.45) is 0 Å². The monoisotopic (exact) mass is 405 g/mol. The Kier molecular flexibility index (Phi) is 7.36. The Hall–Kier alpha value is -2.72. The van der Waals surface area contributed by atoms with Gasteiger partial charge in [0.15, 0.2) is 0 Å². The van der Waals surface area contributed by atoms with Crippen molar-refractivity contribution >= 4 is 23.4 Å². The molecule has 1 amide bonds. The first kappa shape index (κ1) is 21.0. The number of nitrogens with one attached hydrogen (secondary N) is 1. The van der Waals surface area contributed by atoms with Gasteiger partial charge in [-0.05, 0) is 60.4 Å². The number of hydrogen-bond donors (Lipinski definition) is 1. The topological polar surface area (TPSA) is 38.3 Å². The number of carbonyl (C=O) groups excluding carboxylic acids is 1. The van der Waals surface area contributed by atoms with E-state index in [-0.39, 0.29) is 5.91 Å². The molecule has 3 aromatic carbocycles. The van der Waals surface area contributed by atoms with Crippen LogP contribution in [-0.2, 0) is 0 Å². The maximum Gasteiger partial charge on any atom is 0.255 e. The molecule has 0 heterocycles. The van der Waals surface area contributed by atoms with Gasteiger partial charge in [-0.15, -0.1) is 11.8 Å². The maximum absolute atomic E-state index is 12.7. The van der Waals surface area contributed by atoms with E-state index in [4.69, 9.17) is 4.74 Å². The van der Waals surface area contributed by atoms with Gasteiger partial charge >= 0.3 is 0 Å². The Morgan fingerprint density at radius 2 is 1.69 bits per heavy atom. The number of amides is 1. The van der Waals surface area contributed by atoms with Gasteiger partial charge in [0.25, 0.3) is 5.91 Å². The second-order valence-electron chi connectivity index (χ2n) is 7.18. The molecule has 0 aliphatic rings. The highest BCUT2D eigenvalue weighted by Crippen LogP contribution is 2.28. The lowest BCUT2D eigenvalue weighted by atomic mass is 9.98. The Morgan fingerprint density at radius 3 is 2.38 bits per heavy atom. The molecule has 4 heteroatoms. The van der Waals surface area contributed by atoms with E-state index in [1.807, 2.05) is 61.5 Å². The molecular formula is C25H27NO2S. The third kappa shape index (κ3) is 5.88. The van der Waals surface area contributed by atoms with Gasteiger partial charge in [-0.3, -0.25) is 4.79 Å². The molecular weight excluding hydrogens is 378 g/mol. The van der Waals surface area contributed by atoms with Crippen LogP contribution in [0.4, 0.5) is 5.69 Å². The minimum atomic E-state index is -0.104. The van der Waals surface area contributed by atoms with Crippen molar-refractivity contribution < 1.29 is 9.53 Å². The number of para-hydroxylation sites is 1. The van der Waals surface area contributed by atoms with Crippen LogP contribution in [0.5, 0.6) is 5.75 Å². The van der Waals surface area contributed by atoms with Crippen LogP contribution < -0.4 is 10.1 Å². The Balaban J connectivity index is 1.55. The first-order chi connectivity index (χ1) is 14.0. The Morgan fingerprint density at radius 1 is 0.966 bits per heavy atom. The van der Waals surface area contributed by atoms with Crippen molar-refractivity contribution in [2.45, 2.75) is 31.6 Å². The number of anilines is 1. The summed E-state index contributed by atoms with van der Waals surface area (Å²) in [5.41, 5.74) is 3.74. The molecule has 1 N–H and O–H groups in total. The van der Waals surface area contributed by atoms with Gasteiger partial charge in [-0.1, -0.05) is 50.2 Å². The summed E-state index contributed by atoms with van der Waals surface area (Å²) in [7, 11) is 0. The van der Waals surface area contributed by atoms with E-state index in [0.717, 1.165) is 28.3 Å². The van der Waals surface area contributed by atoms with Crippen LogP contribution >= 0.6 is 11.8 Å². The zero-order valence-electron chi connectivity index (χ0n) is 17.1. The molecule has 3 aromatic rings. The Bertz CT molecular complexity index is 937. The summed E-state index contributed by atoms with van der Waals surface area (Å²) in [5, 5.41) is 3.08. The molecule has 0 atom stereocenters. The first-order valence-electron chi connectivity index (χ1n) is 9.86. The minimum Gasteiger partial charge on any atom is -0.493 e. The molecule has 29 heavy (non-hydrogen) atoms. The van der Waals surface area contributed by atoms with Crippen LogP contribution in [0, 0.1) is 6.92 Å². The van der Waals surface area contributed by atoms with Crippen LogP contribution in [0.25, 0.3) is 0 Å². The average molecular weight is 406 g/mol. The second-order valence-corrected chi connectivity index (χ2v) is 8.35. The molecule has 0 saturated carbocycles. The number of hydrogen-bond acceptors (Lipinski definition) is 3. The number of carbonyl (C=O) groups is 1. The fraction of sp³-hybridized carbons (Fsp3) is 0.240. The summed E-state index contributed by atoms with van der Waals surface area (Å²) >= 11 is 1.76. The van der Waals surface area contributed by atoms with Gasteiger partial charge in [0.05, 0.1) is 6.61 Å². The highest BCUT2D eigenvalue weighted by molar-refractivity contribution is 7.99. The van der Waals surface area contributed by atoms with Crippen molar-refractivity contribution in [1.29, 1.82) is 0 Å². The maximum atomic E-state index is 12.7. The lowest BCUT2D eigenvalue weighted by molar-refractivity contribution is 0.102. The van der Waals surface area contributed by atoms with Crippen LogP contribution in [0.3, 0.4) is 0 Å². The summed E-state index contributed by atoms with van der Waals surface area (Å²) in [6, 6.07) is 23.7. The van der Waals surface area contributed by atoms with Crippen molar-refractivity contribution in [2.75, 3.05) is 17.7 Å². The summed E-state index contributed by atoms with van der Waals surface area (Å²) in [6.45, 7) is 6.90. The zero-order valence-corrected chi connectivity index (χ0v) is 18.0. The molecule has 0 spiro atoms. The lowest BCUT2D eigenvalue weighted by Gasteiger charge is -2.16. The van der Waals surface area contributed by atoms with Crippen molar-refractivity contribution in [3.63, 3.8) is 0 Å². The number of thioether (sulfide) groups is 1. The molecule has 0 unspecified atom stereocenters. The van der Waals surface area contributed by atoms with E-state index in [1.165, 1.54) is 4.90 Å². The fourth-order valence-electron chi connectivity index (χ4n) is 3.07. The summed E-state index contributed by atoms with van der Waals surface area (Å²) in [5.74, 6) is 1.88. The standard InChI is InChI=1S/C25H27NO2S/c1-18(2)23-11-7-8-19(3)24(23)26-25(27)20-12-14-21(15-13-20)28-16-17-29-22-9-5-4-6-10-22/h4-15,18H,16-17H2,1-3H3,(H,26,27). The molecule has 0 aromatic heterocycles. The third-order valence-electron chi connectivity index (χ3n) is 4.65. The van der Waals surface area contributed by atoms with E-state index < -0.39 is 0 Å². The van der Waals surface area contributed by atoms with Crippen LogP contribution in [0.15, 0.2) is 77.7 Å². The minimum absolute atomic E-state index is 0.104. The number of ether oxygens (including phenoxy) is 1. The van der Waals surface area contributed by atoms with Crippen LogP contribution in [0.1, 0.15) is 41.3 Å². The predicted molar refractivity (Wildman–Crippen MR) is 122 cm³/mol. The molecule has 3 rings (SSSR count). The quantitative estimate of drug-likeness (QED) is 0.341. The van der Waals surface area contributed by atoms with Gasteiger partial charge in [0.2, 0.25) is 0 Å². The molecule has 150 valence electrons. The summed E-state index contributed by atoms with van der Waals surface area (Å²) in [6.07, 6.45) is 0. The smallest absolute Gasteiger partial charge is 0.255 e. The highest BCUT2D eigenvalue weighted by Gasteiger charge is 2.13. The first-order valence-corrected chi connectivity index (χ1v) is 10.8. The van der Waals surface area contributed by atoms with E-state index >= 15 is 0 Å². The van der Waals surface area contributed by atoms with Crippen LogP contribution in [-0.4, -0.2) is 18.3 Å². The van der Waals surface area contributed by atoms with Gasteiger partial charge < -0.3 is 10.1 Å². The SMILES string of the molecule is Cc1cccc(C(C)C)c1NC(=O)c1ccc(OCCSc2ccccc2)cc1. The molecule has 0 bridgehead atoms. The van der Waals surface area contributed by atoms with E-state index in [1.54, 1.807) is 11.8 Å². The Labute approximate surface area is 177 Å². The summed E-state index contributed by atoms with van der Waals surface area (Å²) in [4.78, 5) is 14.0. The zero-order chi connectivity index (χ0) is 20.6. The fourth-order valence-corrected chi connectivity index (χ4v) is 3.82. The van der Waals surface area contributed by atoms with Crippen molar-refractivity contribution in [3.05, 3.63) is 89.5 Å². The van der Waals surface area contributed by atoms with Gasteiger partial charge in [-0.25, -0.2) is 0 Å². The third-order valence-corrected chi connectivity index (χ3v) is 5.62. The van der Waals surface area contributed by atoms with Gasteiger partial charge in [0, 0.05) is 21.9 Å². The van der Waals surface area contributed by atoms with E-state index in [0.29, 0.717) is 18.1 Å².